The largest absolute Gasteiger partial charge is 0.508 e. The lowest BCUT2D eigenvalue weighted by molar-refractivity contribution is -0.113. The molecule has 1 saturated heterocycles. The van der Waals surface area contributed by atoms with E-state index in [1.165, 1.54) is 58.6 Å². The van der Waals surface area contributed by atoms with Crippen molar-refractivity contribution in [3.63, 3.8) is 0 Å². The van der Waals surface area contributed by atoms with Crippen LogP contribution in [0.1, 0.15) is 38.2 Å². The molecule has 0 bridgehead atoms. The third-order valence-corrected chi connectivity index (χ3v) is 8.71. The second kappa shape index (κ2) is 12.6. The van der Waals surface area contributed by atoms with E-state index in [2.05, 4.69) is 46.3 Å². The monoisotopic (exact) mass is 572 g/mol. The van der Waals surface area contributed by atoms with Crippen LogP contribution in [0.2, 0.25) is 0 Å². The Bertz CT molecular complexity index is 1450. The van der Waals surface area contributed by atoms with Crippen molar-refractivity contribution in [2.75, 3.05) is 16.3 Å². The van der Waals surface area contributed by atoms with E-state index < -0.39 is 0 Å². The molecule has 2 heterocycles. The van der Waals surface area contributed by atoms with E-state index in [1.807, 2.05) is 36.5 Å². The number of carbonyl (C=O) groups is 1. The van der Waals surface area contributed by atoms with Crippen LogP contribution in [-0.2, 0) is 4.79 Å². The molecule has 1 N–H and O–H groups in total. The van der Waals surface area contributed by atoms with Crippen molar-refractivity contribution in [3.05, 3.63) is 94.5 Å². The van der Waals surface area contributed by atoms with Gasteiger partial charge >= 0.3 is 0 Å². The standard InChI is InChI=1S/C30H28N4O2S3/c1-2-3-4-7-18-33-25-8-5-6-9-26(25)38-28(33)20-31-32-22-12-10-21(11-13-22)19-27-29(36)34(30(37)39-27)23-14-16-24(35)17-15-23/h5-6,8-17,19-20,35H,2-4,7,18H2,1H3/b27-19+,28-20-,32-31?. The maximum absolute atomic E-state index is 13.0. The van der Waals surface area contributed by atoms with Crippen LogP contribution in [0.25, 0.3) is 6.08 Å². The van der Waals surface area contributed by atoms with Crippen molar-refractivity contribution in [2.24, 2.45) is 10.2 Å². The van der Waals surface area contributed by atoms with Gasteiger partial charge in [0.2, 0.25) is 0 Å². The quantitative estimate of drug-likeness (QED) is 0.120. The number of azo groups is 1. The second-order valence-electron chi connectivity index (χ2n) is 9.09. The van der Waals surface area contributed by atoms with Crippen LogP contribution in [0.4, 0.5) is 17.1 Å². The number of phenols is 1. The third kappa shape index (κ3) is 6.43. The third-order valence-electron chi connectivity index (χ3n) is 6.31. The van der Waals surface area contributed by atoms with Crippen LogP contribution in [-0.4, -0.2) is 21.9 Å². The summed E-state index contributed by atoms with van der Waals surface area (Å²) in [7, 11) is 0. The zero-order chi connectivity index (χ0) is 27.2. The number of amides is 1. The normalized spacial score (nSPS) is 17.3. The summed E-state index contributed by atoms with van der Waals surface area (Å²) in [6, 6.07) is 22.5. The van der Waals surface area contributed by atoms with Gasteiger partial charge in [-0.1, -0.05) is 86.2 Å². The van der Waals surface area contributed by atoms with E-state index in [1.54, 1.807) is 23.9 Å². The van der Waals surface area contributed by atoms with Crippen LogP contribution in [0.15, 0.2) is 104 Å². The first kappa shape index (κ1) is 27.2. The number of hydrogen-bond donors (Lipinski definition) is 1. The predicted octanol–water partition coefficient (Wildman–Crippen LogP) is 8.87. The zero-order valence-corrected chi connectivity index (χ0v) is 23.9. The molecule has 1 fully saturated rings. The molecule has 0 radical (unpaired) electrons. The fourth-order valence-electron chi connectivity index (χ4n) is 4.30. The Hall–Kier alpha value is -3.40. The molecule has 1 amide bonds. The lowest BCUT2D eigenvalue weighted by atomic mass is 10.2. The average Bonchev–Trinajstić information content (AvgIpc) is 3.43. The van der Waals surface area contributed by atoms with Crippen molar-refractivity contribution in [2.45, 2.75) is 37.5 Å². The lowest BCUT2D eigenvalue weighted by Gasteiger charge is -2.19. The van der Waals surface area contributed by atoms with Gasteiger partial charge in [0.25, 0.3) is 5.91 Å². The molecule has 3 aromatic carbocycles. The number of carbonyl (C=O) groups excluding carboxylic acids is 1. The molecule has 0 saturated carbocycles. The number of rotatable bonds is 9. The number of benzene rings is 3. The summed E-state index contributed by atoms with van der Waals surface area (Å²) >= 11 is 8.42. The van der Waals surface area contributed by atoms with Gasteiger partial charge in [0.05, 0.1) is 28.2 Å². The number of anilines is 2. The van der Waals surface area contributed by atoms with Crippen LogP contribution < -0.4 is 9.80 Å². The topological polar surface area (TPSA) is 68.5 Å². The summed E-state index contributed by atoms with van der Waals surface area (Å²) in [6.07, 6.45) is 8.51. The molecular formula is C30H28N4O2S3. The molecular weight excluding hydrogens is 545 g/mol. The Morgan fingerprint density at radius 2 is 1.72 bits per heavy atom. The first-order valence-electron chi connectivity index (χ1n) is 12.9. The fraction of sp³-hybridized carbons (Fsp3) is 0.200. The molecule has 198 valence electrons. The number of para-hydroxylation sites is 1. The zero-order valence-electron chi connectivity index (χ0n) is 21.5. The first-order chi connectivity index (χ1) is 19.0. The summed E-state index contributed by atoms with van der Waals surface area (Å²) in [5, 5.41) is 19.4. The molecule has 0 aliphatic carbocycles. The molecule has 0 atom stereocenters. The summed E-state index contributed by atoms with van der Waals surface area (Å²) in [6.45, 7) is 3.20. The molecule has 3 aromatic rings. The van der Waals surface area contributed by atoms with Crippen LogP contribution in [0.5, 0.6) is 5.75 Å². The van der Waals surface area contributed by atoms with Crippen LogP contribution in [0.3, 0.4) is 0 Å². The van der Waals surface area contributed by atoms with Gasteiger partial charge in [0, 0.05) is 11.4 Å². The smallest absolute Gasteiger partial charge is 0.270 e. The number of nitrogens with zero attached hydrogens (tertiary/aromatic N) is 4. The van der Waals surface area contributed by atoms with E-state index in [9.17, 15) is 9.90 Å². The summed E-state index contributed by atoms with van der Waals surface area (Å²) < 4.78 is 0.460. The molecule has 9 heteroatoms. The Kier molecular flexibility index (Phi) is 8.81. The van der Waals surface area contributed by atoms with E-state index >= 15 is 0 Å². The van der Waals surface area contributed by atoms with Crippen LogP contribution in [0, 0.1) is 0 Å². The van der Waals surface area contributed by atoms with E-state index in [-0.39, 0.29) is 11.7 Å². The minimum absolute atomic E-state index is 0.139. The lowest BCUT2D eigenvalue weighted by Crippen LogP contribution is -2.27. The minimum atomic E-state index is -0.180. The number of aromatic hydroxyl groups is 1. The van der Waals surface area contributed by atoms with Gasteiger partial charge in [-0.25, -0.2) is 0 Å². The second-order valence-corrected chi connectivity index (χ2v) is 11.8. The Labute approximate surface area is 242 Å². The van der Waals surface area contributed by atoms with Crippen molar-refractivity contribution in [1.82, 2.24) is 0 Å². The van der Waals surface area contributed by atoms with Gasteiger partial charge in [-0.3, -0.25) is 9.69 Å². The SMILES string of the molecule is CCCCCCN1/C(=C/N=Nc2ccc(/C=C3/SC(=S)N(c4ccc(O)cc4)C3=O)cc2)Sc2ccccc21. The van der Waals surface area contributed by atoms with Crippen LogP contribution >= 0.6 is 35.7 Å². The molecule has 5 rings (SSSR count). The Morgan fingerprint density at radius 1 is 0.949 bits per heavy atom. The number of unbranched alkanes of at least 4 members (excludes halogenated alkanes) is 3. The molecule has 2 aliphatic rings. The van der Waals surface area contributed by atoms with E-state index in [4.69, 9.17) is 12.2 Å². The highest BCUT2D eigenvalue weighted by Crippen LogP contribution is 2.46. The summed E-state index contributed by atoms with van der Waals surface area (Å²) in [5.74, 6) is -0.0413. The highest BCUT2D eigenvalue weighted by molar-refractivity contribution is 8.27. The van der Waals surface area contributed by atoms with Gasteiger partial charge in [-0.15, -0.1) is 0 Å². The van der Waals surface area contributed by atoms with E-state index in [0.29, 0.717) is 14.9 Å². The maximum atomic E-state index is 13.0. The number of thiocarbonyl (C=S) groups is 1. The first-order valence-corrected chi connectivity index (χ1v) is 14.9. The summed E-state index contributed by atoms with van der Waals surface area (Å²) in [4.78, 5) is 18.6. The van der Waals surface area contributed by atoms with Gasteiger partial charge in [0.15, 0.2) is 4.32 Å². The highest BCUT2D eigenvalue weighted by Gasteiger charge is 2.33. The Morgan fingerprint density at radius 3 is 2.49 bits per heavy atom. The van der Waals surface area contributed by atoms with Crippen molar-refractivity contribution in [1.29, 1.82) is 0 Å². The Balaban J connectivity index is 1.25. The maximum Gasteiger partial charge on any atom is 0.270 e. The molecule has 39 heavy (non-hydrogen) atoms. The molecule has 0 spiro atoms. The number of phenolic OH excluding ortho intramolecular Hbond substituents is 1. The number of hydrogen-bond acceptors (Lipinski definition) is 8. The molecule has 0 unspecified atom stereocenters. The van der Waals surface area contributed by atoms with Gasteiger partial charge in [0.1, 0.15) is 10.8 Å². The predicted molar refractivity (Wildman–Crippen MR) is 167 cm³/mol. The van der Waals surface area contributed by atoms with Gasteiger partial charge in [-0.05, 0) is 66.6 Å². The van der Waals surface area contributed by atoms with Crippen molar-refractivity contribution in [3.8, 4) is 5.75 Å². The minimum Gasteiger partial charge on any atom is -0.508 e. The molecule has 2 aliphatic heterocycles. The summed E-state index contributed by atoms with van der Waals surface area (Å²) in [5.41, 5.74) is 3.47. The van der Waals surface area contributed by atoms with Gasteiger partial charge in [-0.2, -0.15) is 10.2 Å². The number of fused-ring (bicyclic) bond motifs is 1. The van der Waals surface area contributed by atoms with Crippen molar-refractivity contribution < 1.29 is 9.90 Å². The van der Waals surface area contributed by atoms with E-state index in [0.717, 1.165) is 29.2 Å². The highest BCUT2D eigenvalue weighted by atomic mass is 32.2. The molecule has 6 nitrogen and oxygen atoms in total. The van der Waals surface area contributed by atoms with Crippen molar-refractivity contribution >= 4 is 69.1 Å². The molecule has 0 aromatic heterocycles. The number of thioether (sulfide) groups is 2. The van der Waals surface area contributed by atoms with Gasteiger partial charge < -0.3 is 10.0 Å². The average molecular weight is 573 g/mol. The fourth-order valence-corrected chi connectivity index (χ4v) is 6.66.